The van der Waals surface area contributed by atoms with Gasteiger partial charge in [0, 0.05) is 6.54 Å². The van der Waals surface area contributed by atoms with Crippen molar-refractivity contribution >= 4 is 17.0 Å². The highest BCUT2D eigenvalue weighted by Gasteiger charge is 2.06. The number of ether oxygens (including phenoxy) is 1. The van der Waals surface area contributed by atoms with Crippen molar-refractivity contribution in [3.63, 3.8) is 0 Å². The van der Waals surface area contributed by atoms with Crippen molar-refractivity contribution in [3.05, 3.63) is 60.2 Å². The second-order valence-electron chi connectivity index (χ2n) is 4.97. The minimum Gasteiger partial charge on any atom is -0.481 e. The Morgan fingerprint density at radius 2 is 2.13 bits per heavy atom. The summed E-state index contributed by atoms with van der Waals surface area (Å²) < 4.78 is 23.7. The molecule has 1 aromatic heterocycles. The number of hydrogen-bond donors (Lipinski definition) is 1. The van der Waals surface area contributed by atoms with E-state index in [1.54, 1.807) is 12.1 Å². The van der Waals surface area contributed by atoms with Gasteiger partial charge >= 0.3 is 0 Å². The van der Waals surface area contributed by atoms with Crippen LogP contribution >= 0.6 is 0 Å². The Morgan fingerprint density at radius 3 is 3.00 bits per heavy atom. The Morgan fingerprint density at radius 1 is 1.26 bits per heavy atom. The average molecular weight is 314 g/mol. The van der Waals surface area contributed by atoms with Gasteiger partial charge in [-0.1, -0.05) is 18.2 Å². The second-order valence-corrected chi connectivity index (χ2v) is 4.97. The van der Waals surface area contributed by atoms with Crippen molar-refractivity contribution in [2.24, 2.45) is 0 Å². The van der Waals surface area contributed by atoms with Crippen LogP contribution in [0.15, 0.2) is 53.3 Å². The zero-order valence-corrected chi connectivity index (χ0v) is 12.3. The number of nitrogens with one attached hydrogen (secondary N) is 1. The highest BCUT2D eigenvalue weighted by atomic mass is 19.1. The summed E-state index contributed by atoms with van der Waals surface area (Å²) in [7, 11) is 0. The number of carbonyl (C=O) groups excluding carboxylic acids is 1. The Bertz CT molecular complexity index is 816. The first-order valence-electron chi connectivity index (χ1n) is 7.18. The minimum atomic E-state index is -0.485. The molecule has 6 heteroatoms. The van der Waals surface area contributed by atoms with Crippen LogP contribution in [0.25, 0.3) is 11.1 Å². The average Bonchev–Trinajstić information content (AvgIpc) is 3.02. The third-order valence-electron chi connectivity index (χ3n) is 3.33. The maximum atomic E-state index is 13.3. The van der Waals surface area contributed by atoms with Crippen LogP contribution < -0.4 is 10.1 Å². The zero-order chi connectivity index (χ0) is 16.1. The van der Waals surface area contributed by atoms with Gasteiger partial charge in [0.15, 0.2) is 30.2 Å². The van der Waals surface area contributed by atoms with E-state index in [1.165, 1.54) is 18.5 Å². The molecule has 0 aliphatic heterocycles. The Kier molecular flexibility index (Phi) is 4.52. The molecule has 1 N–H and O–H groups in total. The van der Waals surface area contributed by atoms with E-state index >= 15 is 0 Å². The van der Waals surface area contributed by atoms with Crippen molar-refractivity contribution in [2.75, 3.05) is 13.2 Å². The van der Waals surface area contributed by atoms with Gasteiger partial charge in [-0.25, -0.2) is 9.37 Å². The van der Waals surface area contributed by atoms with Gasteiger partial charge in [-0.3, -0.25) is 4.79 Å². The number of rotatable bonds is 6. The number of fused-ring (bicyclic) bond motifs is 1. The van der Waals surface area contributed by atoms with Gasteiger partial charge in [-0.15, -0.1) is 0 Å². The molecular formula is C17H15FN2O3. The lowest BCUT2D eigenvalue weighted by Gasteiger charge is -2.08. The van der Waals surface area contributed by atoms with E-state index in [2.05, 4.69) is 10.3 Å². The van der Waals surface area contributed by atoms with E-state index < -0.39 is 5.82 Å². The van der Waals surface area contributed by atoms with Crippen LogP contribution in [0.2, 0.25) is 0 Å². The van der Waals surface area contributed by atoms with Crippen molar-refractivity contribution in [3.8, 4) is 5.75 Å². The number of benzene rings is 2. The molecule has 0 saturated heterocycles. The molecule has 0 unspecified atom stereocenters. The number of aromatic nitrogens is 1. The first kappa shape index (κ1) is 15.0. The highest BCUT2D eigenvalue weighted by molar-refractivity contribution is 5.77. The fourth-order valence-corrected chi connectivity index (χ4v) is 2.16. The first-order valence-corrected chi connectivity index (χ1v) is 7.18. The summed E-state index contributed by atoms with van der Waals surface area (Å²) in [5.74, 6) is -0.712. The quantitative estimate of drug-likeness (QED) is 0.760. The molecule has 0 fully saturated rings. The first-order chi connectivity index (χ1) is 11.2. The molecule has 1 amide bonds. The summed E-state index contributed by atoms with van der Waals surface area (Å²) in [6.45, 7) is 0.242. The van der Waals surface area contributed by atoms with Crippen LogP contribution in [0.5, 0.6) is 5.75 Å². The molecule has 0 saturated carbocycles. The zero-order valence-electron chi connectivity index (χ0n) is 12.3. The summed E-state index contributed by atoms with van der Waals surface area (Å²) in [5, 5.41) is 2.73. The summed E-state index contributed by atoms with van der Waals surface area (Å²) in [6.07, 6.45) is 2.06. The SMILES string of the molecule is O=C(COc1ccccc1F)NCCc1ccc2ocnc2c1. The highest BCUT2D eigenvalue weighted by Crippen LogP contribution is 2.15. The third-order valence-corrected chi connectivity index (χ3v) is 3.33. The molecule has 0 radical (unpaired) electrons. The largest absolute Gasteiger partial charge is 0.481 e. The number of para-hydroxylation sites is 1. The Balaban J connectivity index is 1.44. The molecule has 3 rings (SSSR count). The van der Waals surface area contributed by atoms with Crippen molar-refractivity contribution < 1.29 is 18.3 Å². The standard InChI is InChI=1S/C17H15FN2O3/c18-13-3-1-2-4-15(13)22-10-17(21)19-8-7-12-5-6-16-14(9-12)20-11-23-16/h1-6,9,11H,7-8,10H2,(H,19,21). The monoisotopic (exact) mass is 314 g/mol. The van der Waals surface area contributed by atoms with E-state index in [-0.39, 0.29) is 18.3 Å². The smallest absolute Gasteiger partial charge is 0.257 e. The molecule has 23 heavy (non-hydrogen) atoms. The Hall–Kier alpha value is -2.89. The molecule has 0 spiro atoms. The molecular weight excluding hydrogens is 299 g/mol. The van der Waals surface area contributed by atoms with Crippen LogP contribution in [0.4, 0.5) is 4.39 Å². The molecule has 3 aromatic rings. The normalized spacial score (nSPS) is 10.7. The van der Waals surface area contributed by atoms with E-state index in [0.29, 0.717) is 13.0 Å². The predicted molar refractivity (Wildman–Crippen MR) is 82.6 cm³/mol. The van der Waals surface area contributed by atoms with Crippen LogP contribution in [-0.2, 0) is 11.2 Å². The van der Waals surface area contributed by atoms with Gasteiger partial charge in [0.2, 0.25) is 0 Å². The third kappa shape index (κ3) is 3.85. The van der Waals surface area contributed by atoms with Gasteiger partial charge in [-0.2, -0.15) is 0 Å². The summed E-state index contributed by atoms with van der Waals surface area (Å²) in [5.41, 5.74) is 2.56. The fourth-order valence-electron chi connectivity index (χ4n) is 2.16. The lowest BCUT2D eigenvalue weighted by atomic mass is 10.1. The second kappa shape index (κ2) is 6.91. The maximum absolute atomic E-state index is 13.3. The van der Waals surface area contributed by atoms with Gasteiger partial charge in [-0.05, 0) is 36.2 Å². The van der Waals surface area contributed by atoms with Crippen LogP contribution in [-0.4, -0.2) is 24.0 Å². The lowest BCUT2D eigenvalue weighted by molar-refractivity contribution is -0.123. The van der Waals surface area contributed by atoms with Crippen LogP contribution in [0.1, 0.15) is 5.56 Å². The van der Waals surface area contributed by atoms with E-state index in [4.69, 9.17) is 9.15 Å². The molecule has 0 aliphatic rings. The van der Waals surface area contributed by atoms with Crippen molar-refractivity contribution in [1.82, 2.24) is 10.3 Å². The van der Waals surface area contributed by atoms with Gasteiger partial charge < -0.3 is 14.5 Å². The Labute approximate surface area is 132 Å². The summed E-state index contributed by atoms with van der Waals surface area (Å²) in [4.78, 5) is 15.8. The van der Waals surface area contributed by atoms with Crippen LogP contribution in [0.3, 0.4) is 0 Å². The molecule has 5 nitrogen and oxygen atoms in total. The minimum absolute atomic E-state index is 0.0686. The molecule has 0 bridgehead atoms. The number of carbonyl (C=O) groups is 1. The van der Waals surface area contributed by atoms with Crippen molar-refractivity contribution in [1.29, 1.82) is 0 Å². The number of oxazole rings is 1. The maximum Gasteiger partial charge on any atom is 0.257 e. The molecule has 1 heterocycles. The lowest BCUT2D eigenvalue weighted by Crippen LogP contribution is -2.30. The summed E-state index contributed by atoms with van der Waals surface area (Å²) >= 11 is 0. The summed E-state index contributed by atoms with van der Waals surface area (Å²) in [6, 6.07) is 11.7. The molecule has 2 aromatic carbocycles. The van der Waals surface area contributed by atoms with Crippen LogP contribution in [0, 0.1) is 5.82 Å². The predicted octanol–water partition coefficient (Wildman–Crippen LogP) is 2.70. The number of amides is 1. The van der Waals surface area contributed by atoms with E-state index in [0.717, 1.165) is 16.7 Å². The molecule has 0 aliphatic carbocycles. The van der Waals surface area contributed by atoms with E-state index in [9.17, 15) is 9.18 Å². The molecule has 0 atom stereocenters. The number of nitrogens with zero attached hydrogens (tertiary/aromatic N) is 1. The van der Waals surface area contributed by atoms with Gasteiger partial charge in [0.05, 0.1) is 0 Å². The topological polar surface area (TPSA) is 64.4 Å². The fraction of sp³-hybridized carbons (Fsp3) is 0.176. The van der Waals surface area contributed by atoms with Gasteiger partial charge in [0.25, 0.3) is 5.91 Å². The van der Waals surface area contributed by atoms with E-state index in [1.807, 2.05) is 18.2 Å². The van der Waals surface area contributed by atoms with Gasteiger partial charge in [0.1, 0.15) is 5.52 Å². The van der Waals surface area contributed by atoms with Crippen molar-refractivity contribution in [2.45, 2.75) is 6.42 Å². The number of hydrogen-bond acceptors (Lipinski definition) is 4. The molecule has 118 valence electrons. The number of halogens is 1.